The van der Waals surface area contributed by atoms with Gasteiger partial charge in [0, 0.05) is 47.8 Å². The van der Waals surface area contributed by atoms with Crippen molar-refractivity contribution in [1.29, 1.82) is 0 Å². The molecule has 0 N–H and O–H groups in total. The van der Waals surface area contributed by atoms with Gasteiger partial charge in [-0.3, -0.25) is 9.59 Å². The van der Waals surface area contributed by atoms with Crippen LogP contribution in [0.15, 0.2) is 83.8 Å². The summed E-state index contributed by atoms with van der Waals surface area (Å²) in [5.74, 6) is -2.52. The van der Waals surface area contributed by atoms with Crippen molar-refractivity contribution in [2.45, 2.75) is 19.3 Å². The number of hydrogen-bond acceptors (Lipinski definition) is 5. The second kappa shape index (κ2) is 11.4. The summed E-state index contributed by atoms with van der Waals surface area (Å²) in [4.78, 5) is 37.6. The van der Waals surface area contributed by atoms with Gasteiger partial charge in [0.25, 0.3) is 0 Å². The average molecular weight is 534 g/mol. The molecule has 8 heteroatoms. The lowest BCUT2D eigenvalue weighted by molar-refractivity contribution is 0.0594. The predicted molar refractivity (Wildman–Crippen MR) is 143 cm³/mol. The van der Waals surface area contributed by atoms with E-state index in [4.69, 9.17) is 21.1 Å². The minimum absolute atomic E-state index is 0.0666. The van der Waals surface area contributed by atoms with Crippen LogP contribution in [-0.2, 0) is 11.8 Å². The number of methoxy groups -OCH3 is 1. The highest BCUT2D eigenvalue weighted by Gasteiger charge is 2.29. The van der Waals surface area contributed by atoms with E-state index in [0.29, 0.717) is 21.9 Å². The molecule has 38 heavy (non-hydrogen) atoms. The average Bonchev–Trinajstić information content (AvgIpc) is 2.90. The van der Waals surface area contributed by atoms with Crippen LogP contribution in [0.3, 0.4) is 0 Å². The zero-order valence-electron chi connectivity index (χ0n) is 21.0. The Balaban J connectivity index is 1.90. The Morgan fingerprint density at radius 1 is 1.00 bits per heavy atom. The van der Waals surface area contributed by atoms with Crippen molar-refractivity contribution in [2.75, 3.05) is 7.11 Å². The van der Waals surface area contributed by atoms with E-state index in [1.54, 1.807) is 61.6 Å². The highest BCUT2D eigenvalue weighted by molar-refractivity contribution is 6.30. The summed E-state index contributed by atoms with van der Waals surface area (Å²) in [5, 5.41) is 0.516. The van der Waals surface area contributed by atoms with Gasteiger partial charge in [-0.05, 0) is 54.4 Å². The Hall–Kier alpha value is -4.23. The fourth-order valence-corrected chi connectivity index (χ4v) is 4.53. The predicted octanol–water partition coefficient (Wildman–Crippen LogP) is 6.47. The van der Waals surface area contributed by atoms with Crippen molar-refractivity contribution in [3.63, 3.8) is 0 Å². The first-order valence-electron chi connectivity index (χ1n) is 11.8. The number of para-hydroxylation sites is 1. The van der Waals surface area contributed by atoms with Crippen molar-refractivity contribution in [3.05, 3.63) is 128 Å². The molecule has 0 saturated heterocycles. The topological polar surface area (TPSA) is 74.6 Å². The van der Waals surface area contributed by atoms with E-state index in [9.17, 15) is 14.4 Å². The Bertz CT molecular complexity index is 1570. The third-order valence-corrected chi connectivity index (χ3v) is 6.51. The molecule has 0 spiro atoms. The van der Waals surface area contributed by atoms with E-state index in [2.05, 4.69) is 0 Å². The van der Waals surface area contributed by atoms with Gasteiger partial charge in [-0.15, -0.1) is 0 Å². The number of rotatable bonds is 8. The molecule has 0 radical (unpaired) electrons. The maximum Gasteiger partial charge on any atom is 0.340 e. The summed E-state index contributed by atoms with van der Waals surface area (Å²) in [6, 6.07) is 19.5. The molecule has 1 atom stereocenters. The fourth-order valence-electron chi connectivity index (χ4n) is 4.30. The first kappa shape index (κ1) is 26.8. The SMILES string of the molecule is COC(=O)c1ccc(C(CC(=O)c2ccc(=O)n(C)c2)c2ccc(Cl)cc2C)c(Oc2ccccc2)c1F. The summed E-state index contributed by atoms with van der Waals surface area (Å²) in [7, 11) is 2.73. The third-order valence-electron chi connectivity index (χ3n) is 6.28. The van der Waals surface area contributed by atoms with Crippen LogP contribution in [0, 0.1) is 12.7 Å². The van der Waals surface area contributed by atoms with Crippen molar-refractivity contribution in [2.24, 2.45) is 7.05 Å². The molecule has 1 aromatic heterocycles. The minimum atomic E-state index is -0.899. The van der Waals surface area contributed by atoms with Crippen LogP contribution in [0.4, 0.5) is 4.39 Å². The summed E-state index contributed by atoms with van der Waals surface area (Å²) in [5.41, 5.74) is 1.68. The number of carbonyl (C=O) groups excluding carboxylic acids is 2. The minimum Gasteiger partial charge on any atom is -0.465 e. The van der Waals surface area contributed by atoms with E-state index in [1.807, 2.05) is 6.92 Å². The summed E-state index contributed by atoms with van der Waals surface area (Å²) in [6.07, 6.45) is 1.40. The molecule has 0 aliphatic carbocycles. The highest BCUT2D eigenvalue weighted by atomic mass is 35.5. The molecule has 194 valence electrons. The Morgan fingerprint density at radius 2 is 1.71 bits per heavy atom. The molecule has 4 rings (SSSR count). The van der Waals surface area contributed by atoms with E-state index in [1.165, 1.54) is 36.1 Å². The lowest BCUT2D eigenvalue weighted by Crippen LogP contribution is -2.18. The molecular formula is C30H25ClFNO5. The summed E-state index contributed by atoms with van der Waals surface area (Å²) < 4.78 is 28.0. The van der Waals surface area contributed by atoms with Gasteiger partial charge in [-0.2, -0.15) is 0 Å². The number of pyridine rings is 1. The molecule has 0 fully saturated rings. The fraction of sp³-hybridized carbons (Fsp3) is 0.167. The number of aryl methyl sites for hydroxylation is 2. The van der Waals surface area contributed by atoms with Crippen LogP contribution < -0.4 is 10.3 Å². The highest BCUT2D eigenvalue weighted by Crippen LogP contribution is 2.41. The molecule has 0 aliphatic rings. The molecule has 3 aromatic carbocycles. The third kappa shape index (κ3) is 5.68. The van der Waals surface area contributed by atoms with Gasteiger partial charge in [-0.25, -0.2) is 9.18 Å². The van der Waals surface area contributed by atoms with Crippen LogP contribution in [0.5, 0.6) is 11.5 Å². The molecule has 0 aliphatic heterocycles. The maximum atomic E-state index is 15.9. The van der Waals surface area contributed by atoms with Crippen LogP contribution >= 0.6 is 11.6 Å². The van der Waals surface area contributed by atoms with Crippen molar-refractivity contribution >= 4 is 23.4 Å². The van der Waals surface area contributed by atoms with Crippen molar-refractivity contribution in [1.82, 2.24) is 4.57 Å². The van der Waals surface area contributed by atoms with E-state index < -0.39 is 17.7 Å². The van der Waals surface area contributed by atoms with Gasteiger partial charge in [-0.1, -0.05) is 41.9 Å². The second-order valence-corrected chi connectivity index (χ2v) is 9.24. The van der Waals surface area contributed by atoms with Gasteiger partial charge < -0.3 is 14.0 Å². The molecule has 1 heterocycles. The lowest BCUT2D eigenvalue weighted by Gasteiger charge is -2.23. The maximum absolute atomic E-state index is 15.9. The number of hydrogen-bond donors (Lipinski definition) is 0. The zero-order chi connectivity index (χ0) is 27.4. The number of carbonyl (C=O) groups is 2. The Morgan fingerprint density at radius 3 is 2.37 bits per heavy atom. The summed E-state index contributed by atoms with van der Waals surface area (Å²) in [6.45, 7) is 1.85. The summed E-state index contributed by atoms with van der Waals surface area (Å²) >= 11 is 6.20. The van der Waals surface area contributed by atoms with Crippen LogP contribution in [-0.4, -0.2) is 23.4 Å². The second-order valence-electron chi connectivity index (χ2n) is 8.80. The lowest BCUT2D eigenvalue weighted by atomic mass is 9.83. The van der Waals surface area contributed by atoms with Gasteiger partial charge in [0.05, 0.1) is 12.7 Å². The van der Waals surface area contributed by atoms with Crippen molar-refractivity contribution < 1.29 is 23.5 Å². The largest absolute Gasteiger partial charge is 0.465 e. The quantitative estimate of drug-likeness (QED) is 0.192. The van der Waals surface area contributed by atoms with Gasteiger partial charge in [0.2, 0.25) is 5.56 Å². The first-order chi connectivity index (χ1) is 18.2. The molecular weight excluding hydrogens is 509 g/mol. The van der Waals surface area contributed by atoms with Crippen LogP contribution in [0.1, 0.15) is 49.7 Å². The number of ketones is 1. The number of halogens is 2. The number of nitrogens with zero attached hydrogens (tertiary/aromatic N) is 1. The molecule has 6 nitrogen and oxygen atoms in total. The van der Waals surface area contributed by atoms with Crippen LogP contribution in [0.2, 0.25) is 5.02 Å². The molecule has 1 unspecified atom stereocenters. The number of benzene rings is 3. The molecule has 0 bridgehead atoms. The molecule has 0 saturated carbocycles. The monoisotopic (exact) mass is 533 g/mol. The van der Waals surface area contributed by atoms with Crippen LogP contribution in [0.25, 0.3) is 0 Å². The number of esters is 1. The molecule has 4 aromatic rings. The van der Waals surface area contributed by atoms with Gasteiger partial charge >= 0.3 is 5.97 Å². The Labute approximate surface area is 224 Å². The number of ether oxygens (including phenoxy) is 2. The standard InChI is InChI=1S/C30H25ClFNO5/c1-18-15-20(31)10-11-22(18)25(16-26(34)19-9-14-27(35)33(2)17-19)23-12-13-24(30(36)37-3)28(32)29(23)38-21-7-5-4-6-8-21/h4-15,17,25H,16H2,1-3H3. The van der Waals surface area contributed by atoms with E-state index in [-0.39, 0.29) is 29.1 Å². The zero-order valence-corrected chi connectivity index (χ0v) is 21.8. The van der Waals surface area contributed by atoms with E-state index >= 15 is 4.39 Å². The normalized spacial score (nSPS) is 11.6. The van der Waals surface area contributed by atoms with E-state index in [0.717, 1.165) is 11.1 Å². The Kier molecular flexibility index (Phi) is 8.08. The van der Waals surface area contributed by atoms with Gasteiger partial charge in [0.15, 0.2) is 17.3 Å². The first-order valence-corrected chi connectivity index (χ1v) is 12.2. The number of Topliss-reactive ketones (excluding diaryl/α,β-unsaturated/α-hetero) is 1. The van der Waals surface area contributed by atoms with Crippen molar-refractivity contribution in [3.8, 4) is 11.5 Å². The molecule has 0 amide bonds. The smallest absolute Gasteiger partial charge is 0.340 e. The number of aromatic nitrogens is 1. The van der Waals surface area contributed by atoms with Gasteiger partial charge in [0.1, 0.15) is 5.75 Å².